The SMILES string of the molecule is CCn1cc(NC(=O)CC2Sc3ccc(Cl)cc3NC2=O)ccc1=O. The minimum absolute atomic E-state index is 0.0316. The quantitative estimate of drug-likeness (QED) is 0.858. The number of amides is 2. The molecule has 0 fully saturated rings. The molecule has 0 bridgehead atoms. The van der Waals surface area contributed by atoms with Crippen molar-refractivity contribution in [3.63, 3.8) is 0 Å². The summed E-state index contributed by atoms with van der Waals surface area (Å²) in [5.74, 6) is -0.514. The van der Waals surface area contributed by atoms with Gasteiger partial charge in [-0.1, -0.05) is 11.6 Å². The Morgan fingerprint density at radius 2 is 2.12 bits per heavy atom. The van der Waals surface area contributed by atoms with Crippen molar-refractivity contribution in [1.29, 1.82) is 0 Å². The van der Waals surface area contributed by atoms with Gasteiger partial charge in [-0.05, 0) is 31.2 Å². The number of nitrogens with one attached hydrogen (secondary N) is 2. The molecule has 2 N–H and O–H groups in total. The summed E-state index contributed by atoms with van der Waals surface area (Å²) in [6.07, 6.45) is 1.62. The summed E-state index contributed by atoms with van der Waals surface area (Å²) in [4.78, 5) is 36.9. The molecular formula is C17H16ClN3O3S. The molecule has 25 heavy (non-hydrogen) atoms. The molecule has 1 aromatic carbocycles. The fourth-order valence-corrected chi connectivity index (χ4v) is 3.75. The molecule has 2 heterocycles. The predicted octanol–water partition coefficient (Wildman–Crippen LogP) is 2.96. The lowest BCUT2D eigenvalue weighted by Gasteiger charge is -2.23. The van der Waals surface area contributed by atoms with Gasteiger partial charge in [0.05, 0.1) is 16.6 Å². The van der Waals surface area contributed by atoms with Gasteiger partial charge in [-0.3, -0.25) is 14.4 Å². The standard InChI is InChI=1S/C17H16ClN3O3S/c1-2-21-9-11(4-6-16(21)23)19-15(22)8-14-17(24)20-12-7-10(18)3-5-13(12)25-14/h3-7,9,14H,2,8H2,1H3,(H,19,22)(H,20,24). The molecule has 6 nitrogen and oxygen atoms in total. The molecule has 1 aliphatic heterocycles. The Balaban J connectivity index is 1.68. The summed E-state index contributed by atoms with van der Waals surface area (Å²) in [5, 5.41) is 5.53. The molecule has 1 atom stereocenters. The largest absolute Gasteiger partial charge is 0.325 e. The van der Waals surface area contributed by atoms with Crippen molar-refractivity contribution in [3.8, 4) is 0 Å². The Bertz CT molecular complexity index is 897. The van der Waals surface area contributed by atoms with E-state index in [9.17, 15) is 14.4 Å². The van der Waals surface area contributed by atoms with Crippen molar-refractivity contribution in [3.05, 3.63) is 51.9 Å². The van der Waals surface area contributed by atoms with Crippen molar-refractivity contribution < 1.29 is 9.59 Å². The summed E-state index contributed by atoms with van der Waals surface area (Å²) < 4.78 is 1.50. The van der Waals surface area contributed by atoms with Crippen molar-refractivity contribution in [2.45, 2.75) is 30.0 Å². The number of aryl methyl sites for hydroxylation is 1. The lowest BCUT2D eigenvalue weighted by molar-refractivity contribution is -0.120. The van der Waals surface area contributed by atoms with Crippen LogP contribution < -0.4 is 16.2 Å². The van der Waals surface area contributed by atoms with E-state index in [1.807, 2.05) is 13.0 Å². The number of carbonyl (C=O) groups is 2. The number of anilines is 2. The van der Waals surface area contributed by atoms with Crippen molar-refractivity contribution in [2.75, 3.05) is 10.6 Å². The summed E-state index contributed by atoms with van der Waals surface area (Å²) in [6, 6.07) is 8.21. The van der Waals surface area contributed by atoms with Gasteiger partial charge in [0, 0.05) is 35.1 Å². The monoisotopic (exact) mass is 377 g/mol. The highest BCUT2D eigenvalue weighted by molar-refractivity contribution is 8.01. The molecule has 0 radical (unpaired) electrons. The van der Waals surface area contributed by atoms with Gasteiger partial charge < -0.3 is 15.2 Å². The van der Waals surface area contributed by atoms with E-state index in [4.69, 9.17) is 11.6 Å². The molecule has 8 heteroatoms. The third-order valence-corrected chi connectivity index (χ3v) is 5.25. The number of hydrogen-bond acceptors (Lipinski definition) is 4. The maximum atomic E-state index is 12.3. The zero-order chi connectivity index (χ0) is 18.0. The number of pyridine rings is 1. The summed E-state index contributed by atoms with van der Waals surface area (Å²) in [6.45, 7) is 2.36. The molecule has 0 aliphatic carbocycles. The topological polar surface area (TPSA) is 80.2 Å². The van der Waals surface area contributed by atoms with Crippen LogP contribution in [0.25, 0.3) is 0 Å². The van der Waals surface area contributed by atoms with Crippen LogP contribution in [0.2, 0.25) is 5.02 Å². The highest BCUT2D eigenvalue weighted by atomic mass is 35.5. The fraction of sp³-hybridized carbons (Fsp3) is 0.235. The van der Waals surface area contributed by atoms with Gasteiger partial charge in [-0.2, -0.15) is 0 Å². The third-order valence-electron chi connectivity index (χ3n) is 3.74. The first kappa shape index (κ1) is 17.6. The molecule has 1 unspecified atom stereocenters. The van der Waals surface area contributed by atoms with E-state index in [1.165, 1.54) is 22.4 Å². The average Bonchev–Trinajstić information content (AvgIpc) is 2.57. The van der Waals surface area contributed by atoms with Gasteiger partial charge >= 0.3 is 0 Å². The third kappa shape index (κ3) is 4.05. The van der Waals surface area contributed by atoms with E-state index in [0.29, 0.717) is 22.9 Å². The van der Waals surface area contributed by atoms with E-state index < -0.39 is 5.25 Å². The molecule has 130 valence electrons. The van der Waals surface area contributed by atoms with Gasteiger partial charge in [-0.15, -0.1) is 11.8 Å². The molecule has 0 spiro atoms. The zero-order valence-electron chi connectivity index (χ0n) is 13.4. The fourth-order valence-electron chi connectivity index (χ4n) is 2.49. The minimum Gasteiger partial charge on any atom is -0.325 e. The molecule has 1 aromatic heterocycles. The van der Waals surface area contributed by atoms with Crippen molar-refractivity contribution >= 4 is 46.6 Å². The Morgan fingerprint density at radius 3 is 2.88 bits per heavy atom. The van der Waals surface area contributed by atoms with Crippen LogP contribution in [0.4, 0.5) is 11.4 Å². The molecule has 0 saturated heterocycles. The lowest BCUT2D eigenvalue weighted by atomic mass is 10.2. The summed E-state index contributed by atoms with van der Waals surface area (Å²) in [5.41, 5.74) is 1.06. The van der Waals surface area contributed by atoms with Crippen LogP contribution in [-0.2, 0) is 16.1 Å². The normalized spacial score (nSPS) is 16.1. The van der Waals surface area contributed by atoms with Crippen LogP contribution in [0.15, 0.2) is 46.2 Å². The van der Waals surface area contributed by atoms with E-state index in [2.05, 4.69) is 10.6 Å². The molecule has 0 saturated carbocycles. The van der Waals surface area contributed by atoms with E-state index in [0.717, 1.165) is 4.90 Å². The van der Waals surface area contributed by atoms with Crippen LogP contribution in [0, 0.1) is 0 Å². The maximum Gasteiger partial charge on any atom is 0.250 e. The first-order valence-corrected chi connectivity index (χ1v) is 8.99. The number of rotatable bonds is 4. The number of nitrogens with zero attached hydrogens (tertiary/aromatic N) is 1. The minimum atomic E-state index is -0.522. The van der Waals surface area contributed by atoms with Crippen molar-refractivity contribution in [1.82, 2.24) is 4.57 Å². The number of thioether (sulfide) groups is 1. The second-order valence-electron chi connectivity index (χ2n) is 5.53. The first-order valence-electron chi connectivity index (χ1n) is 7.73. The van der Waals surface area contributed by atoms with E-state index >= 15 is 0 Å². The second kappa shape index (κ2) is 7.33. The van der Waals surface area contributed by atoms with Crippen LogP contribution in [0.5, 0.6) is 0 Å². The first-order chi connectivity index (χ1) is 12.0. The number of aromatic nitrogens is 1. The van der Waals surface area contributed by atoms with Crippen LogP contribution in [0.3, 0.4) is 0 Å². The van der Waals surface area contributed by atoms with Gasteiger partial charge in [0.25, 0.3) is 5.56 Å². The Labute approximate surface area is 153 Å². The molecule has 2 amide bonds. The molecule has 1 aliphatic rings. The summed E-state index contributed by atoms with van der Waals surface area (Å²) >= 11 is 7.26. The van der Waals surface area contributed by atoms with E-state index in [-0.39, 0.29) is 23.8 Å². The Hall–Kier alpha value is -2.25. The van der Waals surface area contributed by atoms with Crippen LogP contribution in [-0.4, -0.2) is 21.6 Å². The van der Waals surface area contributed by atoms with Gasteiger partial charge in [0.2, 0.25) is 11.8 Å². The number of benzene rings is 1. The van der Waals surface area contributed by atoms with Crippen molar-refractivity contribution in [2.24, 2.45) is 0 Å². The zero-order valence-corrected chi connectivity index (χ0v) is 15.0. The highest BCUT2D eigenvalue weighted by Gasteiger charge is 2.29. The van der Waals surface area contributed by atoms with E-state index in [1.54, 1.807) is 24.4 Å². The van der Waals surface area contributed by atoms with Crippen LogP contribution >= 0.6 is 23.4 Å². The average molecular weight is 378 g/mol. The van der Waals surface area contributed by atoms with Gasteiger partial charge in [0.1, 0.15) is 0 Å². The number of carbonyl (C=O) groups excluding carboxylic acids is 2. The maximum absolute atomic E-state index is 12.3. The Kier molecular flexibility index (Phi) is 5.15. The molecule has 3 rings (SSSR count). The van der Waals surface area contributed by atoms with Gasteiger partial charge in [0.15, 0.2) is 0 Å². The number of fused-ring (bicyclic) bond motifs is 1. The second-order valence-corrected chi connectivity index (χ2v) is 7.21. The number of hydrogen-bond donors (Lipinski definition) is 2. The van der Waals surface area contributed by atoms with Gasteiger partial charge in [-0.25, -0.2) is 0 Å². The number of halogens is 1. The lowest BCUT2D eigenvalue weighted by Crippen LogP contribution is -2.32. The summed E-state index contributed by atoms with van der Waals surface area (Å²) in [7, 11) is 0. The highest BCUT2D eigenvalue weighted by Crippen LogP contribution is 2.38. The molecule has 2 aromatic rings. The molecular weight excluding hydrogens is 362 g/mol. The predicted molar refractivity (Wildman–Crippen MR) is 99.3 cm³/mol. The Morgan fingerprint density at radius 1 is 1.32 bits per heavy atom. The smallest absolute Gasteiger partial charge is 0.250 e. The van der Waals surface area contributed by atoms with Crippen LogP contribution in [0.1, 0.15) is 13.3 Å².